The maximum Gasteiger partial charge on any atom is 0.269 e. The van der Waals surface area contributed by atoms with Crippen molar-refractivity contribution in [1.82, 2.24) is 4.90 Å². The average molecular weight is 418 g/mol. The lowest BCUT2D eigenvalue weighted by atomic mass is 9.74. The van der Waals surface area contributed by atoms with Crippen molar-refractivity contribution in [3.63, 3.8) is 0 Å². The van der Waals surface area contributed by atoms with Crippen LogP contribution in [0.25, 0.3) is 0 Å². The van der Waals surface area contributed by atoms with Gasteiger partial charge < -0.3 is 10.2 Å². The van der Waals surface area contributed by atoms with E-state index in [0.717, 1.165) is 18.4 Å². The van der Waals surface area contributed by atoms with Crippen molar-refractivity contribution in [2.45, 2.75) is 31.2 Å². The van der Waals surface area contributed by atoms with Gasteiger partial charge in [-0.1, -0.05) is 29.8 Å². The Morgan fingerprint density at radius 1 is 1.21 bits per heavy atom. The molecule has 0 aliphatic heterocycles. The van der Waals surface area contributed by atoms with Crippen LogP contribution in [0.2, 0.25) is 5.02 Å². The Balaban J connectivity index is 1.92. The van der Waals surface area contributed by atoms with Crippen LogP contribution in [0.4, 0.5) is 11.4 Å². The van der Waals surface area contributed by atoms with Crippen molar-refractivity contribution in [3.8, 4) is 0 Å². The van der Waals surface area contributed by atoms with Crippen LogP contribution in [-0.4, -0.2) is 27.8 Å². The van der Waals surface area contributed by atoms with E-state index in [2.05, 4.69) is 5.32 Å². The minimum atomic E-state index is -0.929. The molecule has 0 spiro atoms. The molecule has 0 unspecified atom stereocenters. The van der Waals surface area contributed by atoms with E-state index < -0.39 is 10.5 Å². The number of rotatable bonds is 4. The number of nitrogens with one attached hydrogen (secondary N) is 1. The number of benzene rings is 2. The van der Waals surface area contributed by atoms with Crippen LogP contribution >= 0.6 is 23.8 Å². The van der Waals surface area contributed by atoms with Crippen LogP contribution in [0.15, 0.2) is 48.5 Å². The molecular formula is C20H20ClN3O3S. The van der Waals surface area contributed by atoms with Gasteiger partial charge in [0.15, 0.2) is 10.9 Å². The molecule has 2 aromatic rings. The van der Waals surface area contributed by atoms with Crippen molar-refractivity contribution in [2.75, 3.05) is 12.4 Å². The Morgan fingerprint density at radius 3 is 2.50 bits per heavy atom. The Bertz CT molecular complexity index is 919. The van der Waals surface area contributed by atoms with Crippen LogP contribution in [0.5, 0.6) is 0 Å². The van der Waals surface area contributed by atoms with E-state index >= 15 is 0 Å². The van der Waals surface area contributed by atoms with E-state index in [9.17, 15) is 14.9 Å². The van der Waals surface area contributed by atoms with Gasteiger partial charge in [-0.15, -0.1) is 0 Å². The van der Waals surface area contributed by atoms with Crippen molar-refractivity contribution in [1.29, 1.82) is 0 Å². The molecule has 3 rings (SSSR count). The fraction of sp³-hybridized carbons (Fsp3) is 0.300. The third kappa shape index (κ3) is 3.72. The maximum atomic E-state index is 13.1. The summed E-state index contributed by atoms with van der Waals surface area (Å²) in [4.78, 5) is 25.3. The molecule has 6 nitrogen and oxygen atoms in total. The van der Waals surface area contributed by atoms with Crippen LogP contribution in [0, 0.1) is 10.1 Å². The van der Waals surface area contributed by atoms with E-state index in [0.29, 0.717) is 28.7 Å². The highest BCUT2D eigenvalue weighted by Gasteiger charge is 2.47. The van der Waals surface area contributed by atoms with Gasteiger partial charge in [-0.05, 0) is 49.7 Å². The maximum absolute atomic E-state index is 13.1. The zero-order chi connectivity index (χ0) is 20.3. The second-order valence-corrected chi connectivity index (χ2v) is 7.56. The van der Waals surface area contributed by atoms with Gasteiger partial charge in [0, 0.05) is 41.9 Å². The summed E-state index contributed by atoms with van der Waals surface area (Å²) in [6, 6.07) is 13.3. The number of anilines is 1. The highest BCUT2D eigenvalue weighted by Crippen LogP contribution is 2.42. The lowest BCUT2D eigenvalue weighted by Crippen LogP contribution is -2.55. The molecule has 0 heterocycles. The van der Waals surface area contributed by atoms with Crippen LogP contribution in [-0.2, 0) is 10.3 Å². The van der Waals surface area contributed by atoms with Gasteiger partial charge in [0.2, 0.25) is 0 Å². The molecule has 8 heteroatoms. The first-order valence-corrected chi connectivity index (χ1v) is 9.72. The molecular weight excluding hydrogens is 398 g/mol. The van der Waals surface area contributed by atoms with Crippen LogP contribution in [0.1, 0.15) is 31.2 Å². The lowest BCUT2D eigenvalue weighted by molar-refractivity contribution is -0.384. The molecule has 0 radical (unpaired) electrons. The summed E-state index contributed by atoms with van der Waals surface area (Å²) in [6.45, 7) is 0. The molecule has 28 heavy (non-hydrogen) atoms. The number of ketones is 1. The number of hydrogen-bond donors (Lipinski definition) is 1. The van der Waals surface area contributed by atoms with E-state index in [1.54, 1.807) is 30.1 Å². The molecule has 1 atom stereocenters. The summed E-state index contributed by atoms with van der Waals surface area (Å²) in [5.41, 5.74) is 0.429. The summed E-state index contributed by atoms with van der Waals surface area (Å²) in [7, 11) is 1.78. The number of carbonyl (C=O) groups excluding carboxylic acids is 1. The topological polar surface area (TPSA) is 75.5 Å². The first kappa shape index (κ1) is 20.2. The Hall–Kier alpha value is -2.51. The molecule has 146 valence electrons. The second-order valence-electron chi connectivity index (χ2n) is 6.76. The number of Topliss-reactive ketones (excluding diaryl/α,β-unsaturated/α-hetero) is 1. The number of carbonyl (C=O) groups is 1. The predicted octanol–water partition coefficient (Wildman–Crippen LogP) is 4.92. The van der Waals surface area contributed by atoms with Gasteiger partial charge in [0.1, 0.15) is 5.54 Å². The third-order valence-electron chi connectivity index (χ3n) is 5.18. The first-order chi connectivity index (χ1) is 13.4. The zero-order valence-electron chi connectivity index (χ0n) is 15.4. The van der Waals surface area contributed by atoms with Crippen molar-refractivity contribution >= 4 is 46.1 Å². The smallest absolute Gasteiger partial charge is 0.269 e. The predicted molar refractivity (Wildman–Crippen MR) is 114 cm³/mol. The number of hydrogen-bond acceptors (Lipinski definition) is 4. The third-order valence-corrected chi connectivity index (χ3v) is 5.89. The molecule has 0 amide bonds. The fourth-order valence-corrected chi connectivity index (χ4v) is 4.24. The fourth-order valence-electron chi connectivity index (χ4n) is 3.68. The number of likely N-dealkylation sites (N-methyl/N-ethyl adjacent to an activating group) is 1. The molecule has 0 bridgehead atoms. The Labute approximate surface area is 173 Å². The van der Waals surface area contributed by atoms with E-state index in [4.69, 9.17) is 23.8 Å². The summed E-state index contributed by atoms with van der Waals surface area (Å²) >= 11 is 12.0. The summed E-state index contributed by atoms with van der Waals surface area (Å²) in [5, 5.41) is 14.8. The molecule has 1 aliphatic rings. The van der Waals surface area contributed by atoms with Gasteiger partial charge in [0.05, 0.1) is 4.92 Å². The highest BCUT2D eigenvalue weighted by atomic mass is 35.5. The minimum Gasteiger partial charge on any atom is -0.335 e. The number of nitro groups is 1. The second kappa shape index (κ2) is 8.24. The van der Waals surface area contributed by atoms with Gasteiger partial charge >= 0.3 is 0 Å². The molecule has 1 saturated carbocycles. The lowest BCUT2D eigenvalue weighted by Gasteiger charge is -2.45. The molecule has 1 fully saturated rings. The number of non-ortho nitro benzene ring substituents is 1. The van der Waals surface area contributed by atoms with E-state index in [1.165, 1.54) is 12.1 Å². The van der Waals surface area contributed by atoms with Gasteiger partial charge in [-0.3, -0.25) is 14.9 Å². The average Bonchev–Trinajstić information content (AvgIpc) is 2.69. The molecule has 2 aromatic carbocycles. The summed E-state index contributed by atoms with van der Waals surface area (Å²) in [6.07, 6.45) is 2.83. The van der Waals surface area contributed by atoms with Gasteiger partial charge in [-0.2, -0.15) is 0 Å². The van der Waals surface area contributed by atoms with E-state index in [-0.39, 0.29) is 11.5 Å². The van der Waals surface area contributed by atoms with Crippen LogP contribution in [0.3, 0.4) is 0 Å². The molecule has 1 N–H and O–H groups in total. The van der Waals surface area contributed by atoms with E-state index in [1.807, 2.05) is 18.2 Å². The summed E-state index contributed by atoms with van der Waals surface area (Å²) < 4.78 is 0. The highest BCUT2D eigenvalue weighted by molar-refractivity contribution is 7.80. The normalized spacial score (nSPS) is 19.1. The van der Waals surface area contributed by atoms with Gasteiger partial charge in [-0.25, -0.2) is 0 Å². The minimum absolute atomic E-state index is 0.000168. The number of thiocarbonyl (C=S) groups is 1. The summed E-state index contributed by atoms with van der Waals surface area (Å²) in [5.74, 6) is 0.0854. The molecule has 0 aromatic heterocycles. The van der Waals surface area contributed by atoms with Gasteiger partial charge in [0.25, 0.3) is 5.69 Å². The largest absolute Gasteiger partial charge is 0.335 e. The number of nitrogens with zero attached hydrogens (tertiary/aromatic N) is 2. The monoisotopic (exact) mass is 417 g/mol. The zero-order valence-corrected chi connectivity index (χ0v) is 16.9. The van der Waals surface area contributed by atoms with Crippen molar-refractivity contribution < 1.29 is 9.72 Å². The Kier molecular flexibility index (Phi) is 5.96. The SMILES string of the molecule is CN(C(=S)Nc1ccc([N+](=O)[O-])cc1)[C@@]1(c2ccccc2Cl)CCCCC1=O. The quantitative estimate of drug-likeness (QED) is 0.432. The van der Waals surface area contributed by atoms with Crippen molar-refractivity contribution in [2.24, 2.45) is 0 Å². The first-order valence-electron chi connectivity index (χ1n) is 8.94. The molecule has 1 aliphatic carbocycles. The Morgan fingerprint density at radius 2 is 1.89 bits per heavy atom. The van der Waals surface area contributed by atoms with Crippen LogP contribution < -0.4 is 5.32 Å². The number of nitro benzene ring substituents is 1. The van der Waals surface area contributed by atoms with Crippen molar-refractivity contribution in [3.05, 3.63) is 69.2 Å². The number of halogens is 1. The molecule has 0 saturated heterocycles. The standard InChI is InChI=1S/C20H20ClN3O3S/c1-23(19(28)22-14-9-11-15(12-10-14)24(26)27)20(13-5-4-8-18(20)25)16-6-2-3-7-17(16)21/h2-3,6-7,9-12H,4-5,8,13H2,1H3,(H,22,28)/t20-/m1/s1.